The summed E-state index contributed by atoms with van der Waals surface area (Å²) >= 11 is 0. The van der Waals surface area contributed by atoms with Gasteiger partial charge in [0.05, 0.1) is 27.6 Å². The van der Waals surface area contributed by atoms with Gasteiger partial charge in [-0.1, -0.05) is 19.9 Å². The Kier molecular flexibility index (Phi) is 8.26. The third-order valence-electron chi connectivity index (χ3n) is 6.01. The molecule has 0 spiro atoms. The van der Waals surface area contributed by atoms with Crippen LogP contribution in [0.5, 0.6) is 17.2 Å². The first-order chi connectivity index (χ1) is 16.4. The van der Waals surface area contributed by atoms with Crippen molar-refractivity contribution in [1.29, 1.82) is 0 Å². The molecule has 0 radical (unpaired) electrons. The summed E-state index contributed by atoms with van der Waals surface area (Å²) in [4.78, 5) is 14.9. The van der Waals surface area contributed by atoms with Gasteiger partial charge in [0.25, 0.3) is 0 Å². The molecule has 0 saturated carbocycles. The first-order valence-corrected chi connectivity index (χ1v) is 11.7. The molecule has 0 bridgehead atoms. The lowest BCUT2D eigenvalue weighted by atomic mass is 9.96. The van der Waals surface area contributed by atoms with Crippen LogP contribution in [0.3, 0.4) is 0 Å². The number of fused-ring (bicyclic) bond motifs is 1. The van der Waals surface area contributed by atoms with Crippen molar-refractivity contribution < 1.29 is 23.4 Å². The molecule has 2 aromatic carbocycles. The summed E-state index contributed by atoms with van der Waals surface area (Å²) < 4.78 is 22.6. The number of methoxy groups -OCH3 is 3. The zero-order chi connectivity index (χ0) is 24.8. The Bertz CT molecular complexity index is 1190. The highest BCUT2D eigenvalue weighted by Gasteiger charge is 2.20. The molecule has 3 rings (SSSR count). The fraction of sp³-hybridized carbons (Fsp3) is 0.393. The molecule has 0 aliphatic carbocycles. The number of furan rings is 1. The second-order valence-electron chi connectivity index (χ2n) is 8.33. The summed E-state index contributed by atoms with van der Waals surface area (Å²) in [7, 11) is 4.88. The number of rotatable bonds is 10. The van der Waals surface area contributed by atoms with Crippen molar-refractivity contribution in [2.24, 2.45) is 0 Å². The molecule has 34 heavy (non-hydrogen) atoms. The van der Waals surface area contributed by atoms with Crippen LogP contribution in [0.15, 0.2) is 41.0 Å². The largest absolute Gasteiger partial charge is 0.496 e. The Morgan fingerprint density at radius 1 is 1.00 bits per heavy atom. The van der Waals surface area contributed by atoms with Gasteiger partial charge >= 0.3 is 0 Å². The Morgan fingerprint density at radius 2 is 1.68 bits per heavy atom. The summed E-state index contributed by atoms with van der Waals surface area (Å²) in [5.74, 6) is 2.04. The summed E-state index contributed by atoms with van der Waals surface area (Å²) in [6, 6.07) is 7.83. The van der Waals surface area contributed by atoms with Gasteiger partial charge in [-0.05, 0) is 56.0 Å². The van der Waals surface area contributed by atoms with E-state index in [4.69, 9.17) is 18.6 Å². The number of benzene rings is 2. The predicted octanol–water partition coefficient (Wildman–Crippen LogP) is 6.49. The number of hydrogen-bond donors (Lipinski definition) is 0. The van der Waals surface area contributed by atoms with Gasteiger partial charge in [-0.25, -0.2) is 0 Å². The number of amides is 1. The quantitative estimate of drug-likeness (QED) is 0.321. The van der Waals surface area contributed by atoms with Crippen molar-refractivity contribution in [3.63, 3.8) is 0 Å². The molecule has 0 unspecified atom stereocenters. The molecule has 1 heterocycles. The Morgan fingerprint density at radius 3 is 2.26 bits per heavy atom. The highest BCUT2D eigenvalue weighted by Crippen LogP contribution is 2.42. The SMILES string of the molecule is CCCN(CCC)C(=O)/C=C(\C)c1cc2c(-c3ccc(OC)c(OC)c3)coc2c(C)c1OC. The van der Waals surface area contributed by atoms with Crippen LogP contribution in [0, 0.1) is 6.92 Å². The second kappa shape index (κ2) is 11.1. The highest BCUT2D eigenvalue weighted by atomic mass is 16.5. The third kappa shape index (κ3) is 4.91. The molecule has 182 valence electrons. The minimum Gasteiger partial charge on any atom is -0.496 e. The van der Waals surface area contributed by atoms with Gasteiger partial charge < -0.3 is 23.5 Å². The van der Waals surface area contributed by atoms with E-state index in [-0.39, 0.29) is 5.91 Å². The number of aryl methyl sites for hydroxylation is 1. The molecule has 0 saturated heterocycles. The van der Waals surface area contributed by atoms with Crippen molar-refractivity contribution in [2.45, 2.75) is 40.5 Å². The standard InChI is InChI=1S/C28H35NO5/c1-8-12-29(13-9-2)26(30)14-18(3)21-16-22-23(17-34-28(22)19(4)27(21)33-7)20-10-11-24(31-5)25(15-20)32-6/h10-11,14-17H,8-9,12-13H2,1-7H3/b18-14+. The van der Waals surface area contributed by atoms with E-state index in [0.717, 1.165) is 64.7 Å². The summed E-state index contributed by atoms with van der Waals surface area (Å²) in [5.41, 5.74) is 5.24. The molecule has 0 N–H and O–H groups in total. The van der Waals surface area contributed by atoms with Crippen LogP contribution in [0.4, 0.5) is 0 Å². The molecule has 0 aliphatic rings. The van der Waals surface area contributed by atoms with Crippen LogP contribution in [0.25, 0.3) is 27.7 Å². The van der Waals surface area contributed by atoms with Crippen LogP contribution in [0.1, 0.15) is 44.7 Å². The van der Waals surface area contributed by atoms with E-state index in [1.807, 2.05) is 43.0 Å². The van der Waals surface area contributed by atoms with E-state index in [1.54, 1.807) is 33.7 Å². The van der Waals surface area contributed by atoms with Crippen LogP contribution in [-0.4, -0.2) is 45.2 Å². The molecule has 0 fully saturated rings. The Balaban J connectivity index is 2.14. The normalized spacial score (nSPS) is 11.6. The first kappa shape index (κ1) is 25.2. The van der Waals surface area contributed by atoms with E-state index >= 15 is 0 Å². The zero-order valence-corrected chi connectivity index (χ0v) is 21.3. The lowest BCUT2D eigenvalue weighted by Gasteiger charge is -2.20. The van der Waals surface area contributed by atoms with E-state index in [2.05, 4.69) is 13.8 Å². The van der Waals surface area contributed by atoms with Crippen molar-refractivity contribution >= 4 is 22.4 Å². The van der Waals surface area contributed by atoms with Gasteiger partial charge in [-0.15, -0.1) is 0 Å². The monoisotopic (exact) mass is 465 g/mol. The molecule has 1 amide bonds. The van der Waals surface area contributed by atoms with E-state index < -0.39 is 0 Å². The summed E-state index contributed by atoms with van der Waals surface area (Å²) in [6.07, 6.45) is 5.31. The maximum absolute atomic E-state index is 13.0. The first-order valence-electron chi connectivity index (χ1n) is 11.7. The van der Waals surface area contributed by atoms with Crippen LogP contribution >= 0.6 is 0 Å². The molecule has 3 aromatic rings. The molecular weight excluding hydrogens is 430 g/mol. The fourth-order valence-electron chi connectivity index (χ4n) is 4.33. The van der Waals surface area contributed by atoms with Crippen molar-refractivity contribution in [2.75, 3.05) is 34.4 Å². The maximum atomic E-state index is 13.0. The maximum Gasteiger partial charge on any atom is 0.246 e. The minimum absolute atomic E-state index is 0.0216. The van der Waals surface area contributed by atoms with Gasteiger partial charge in [0.15, 0.2) is 11.5 Å². The lowest BCUT2D eigenvalue weighted by Crippen LogP contribution is -2.31. The van der Waals surface area contributed by atoms with Crippen LogP contribution in [-0.2, 0) is 4.79 Å². The number of carbonyl (C=O) groups is 1. The van der Waals surface area contributed by atoms with Crippen LogP contribution < -0.4 is 14.2 Å². The number of hydrogen-bond acceptors (Lipinski definition) is 5. The van der Waals surface area contributed by atoms with Crippen molar-refractivity contribution in [1.82, 2.24) is 4.90 Å². The van der Waals surface area contributed by atoms with Gasteiger partial charge in [0.1, 0.15) is 11.3 Å². The van der Waals surface area contributed by atoms with Gasteiger partial charge in [-0.2, -0.15) is 0 Å². The molecule has 6 heteroatoms. The van der Waals surface area contributed by atoms with Crippen molar-refractivity contribution in [3.8, 4) is 28.4 Å². The molecule has 6 nitrogen and oxygen atoms in total. The highest BCUT2D eigenvalue weighted by molar-refractivity contribution is 6.01. The summed E-state index contributed by atoms with van der Waals surface area (Å²) in [5, 5.41) is 0.944. The smallest absolute Gasteiger partial charge is 0.246 e. The zero-order valence-electron chi connectivity index (χ0n) is 21.3. The number of nitrogens with zero attached hydrogens (tertiary/aromatic N) is 1. The van der Waals surface area contributed by atoms with E-state index in [0.29, 0.717) is 17.2 Å². The second-order valence-corrected chi connectivity index (χ2v) is 8.33. The predicted molar refractivity (Wildman–Crippen MR) is 137 cm³/mol. The number of allylic oxidation sites excluding steroid dienone is 1. The third-order valence-corrected chi connectivity index (χ3v) is 6.01. The number of ether oxygens (including phenoxy) is 3. The Labute approximate surface area is 202 Å². The molecular formula is C28H35NO5. The van der Waals surface area contributed by atoms with Gasteiger partial charge in [0.2, 0.25) is 5.91 Å². The number of carbonyl (C=O) groups excluding carboxylic acids is 1. The lowest BCUT2D eigenvalue weighted by molar-refractivity contribution is -0.126. The minimum atomic E-state index is 0.0216. The van der Waals surface area contributed by atoms with Gasteiger partial charge in [0, 0.05) is 41.2 Å². The topological polar surface area (TPSA) is 61.1 Å². The van der Waals surface area contributed by atoms with Crippen LogP contribution in [0.2, 0.25) is 0 Å². The van der Waals surface area contributed by atoms with Gasteiger partial charge in [-0.3, -0.25) is 4.79 Å². The van der Waals surface area contributed by atoms with E-state index in [1.165, 1.54) is 0 Å². The average Bonchev–Trinajstić information content (AvgIpc) is 3.27. The average molecular weight is 466 g/mol. The molecule has 0 aliphatic heterocycles. The molecule has 0 atom stereocenters. The summed E-state index contributed by atoms with van der Waals surface area (Å²) in [6.45, 7) is 9.59. The molecule has 1 aromatic heterocycles. The fourth-order valence-corrected chi connectivity index (χ4v) is 4.33. The van der Waals surface area contributed by atoms with E-state index in [9.17, 15) is 4.79 Å². The Hall–Kier alpha value is -3.41. The van der Waals surface area contributed by atoms with Crippen molar-refractivity contribution in [3.05, 3.63) is 47.7 Å².